The molecule has 3 aromatic rings. The second kappa shape index (κ2) is 8.52. The first-order chi connectivity index (χ1) is 13.1. The molecule has 1 heterocycles. The number of aromatic nitrogens is 2. The number of amides is 1. The van der Waals surface area contributed by atoms with Crippen LogP contribution in [0.2, 0.25) is 5.02 Å². The normalized spacial score (nSPS) is 10.4. The molecule has 0 atom stereocenters. The van der Waals surface area contributed by atoms with Crippen molar-refractivity contribution in [1.29, 1.82) is 5.26 Å². The Morgan fingerprint density at radius 2 is 1.96 bits per heavy atom. The molecule has 0 spiro atoms. The second-order valence-electron chi connectivity index (χ2n) is 6.16. The van der Waals surface area contributed by atoms with Gasteiger partial charge in [-0.15, -0.1) is 0 Å². The monoisotopic (exact) mass is 378 g/mol. The van der Waals surface area contributed by atoms with Crippen molar-refractivity contribution < 1.29 is 4.79 Å². The Balaban J connectivity index is 1.80. The smallest absolute Gasteiger partial charge is 0.257 e. The molecule has 1 aromatic heterocycles. The van der Waals surface area contributed by atoms with E-state index in [0.29, 0.717) is 29.2 Å². The summed E-state index contributed by atoms with van der Waals surface area (Å²) in [4.78, 5) is 14.8. The molecule has 0 aliphatic rings. The molecule has 1 amide bonds. The maximum Gasteiger partial charge on any atom is 0.257 e. The van der Waals surface area contributed by atoms with Crippen LogP contribution in [0.1, 0.15) is 34.8 Å². The summed E-state index contributed by atoms with van der Waals surface area (Å²) in [6, 6.07) is 16.7. The van der Waals surface area contributed by atoms with Crippen LogP contribution >= 0.6 is 11.6 Å². The first-order valence-corrected chi connectivity index (χ1v) is 9.08. The first-order valence-electron chi connectivity index (χ1n) is 8.70. The van der Waals surface area contributed by atoms with Crippen LogP contribution in [0, 0.1) is 11.3 Å². The summed E-state index contributed by atoms with van der Waals surface area (Å²) >= 11 is 6.21. The van der Waals surface area contributed by atoms with E-state index in [2.05, 4.69) is 11.2 Å². The molecule has 0 bridgehead atoms. The Bertz CT molecular complexity index is 972. The van der Waals surface area contributed by atoms with Crippen LogP contribution in [0.15, 0.2) is 60.9 Å². The molecule has 0 saturated heterocycles. The van der Waals surface area contributed by atoms with Gasteiger partial charge in [-0.3, -0.25) is 4.79 Å². The highest BCUT2D eigenvalue weighted by atomic mass is 35.5. The van der Waals surface area contributed by atoms with E-state index in [0.717, 1.165) is 17.7 Å². The minimum atomic E-state index is -0.0838. The summed E-state index contributed by atoms with van der Waals surface area (Å²) in [5, 5.41) is 13.8. The molecule has 2 aromatic carbocycles. The van der Waals surface area contributed by atoms with Gasteiger partial charge in [-0.2, -0.15) is 10.4 Å². The van der Waals surface area contributed by atoms with Crippen LogP contribution in [-0.2, 0) is 6.54 Å². The third-order valence-electron chi connectivity index (χ3n) is 4.17. The molecule has 6 heteroatoms. The van der Waals surface area contributed by atoms with Crippen molar-refractivity contribution in [2.75, 3.05) is 6.54 Å². The molecular formula is C21H19ClN4O. The average Bonchev–Trinajstić information content (AvgIpc) is 3.18. The lowest BCUT2D eigenvalue weighted by Gasteiger charge is -2.21. The topological polar surface area (TPSA) is 61.9 Å². The molecule has 0 fully saturated rings. The molecule has 136 valence electrons. The zero-order valence-electron chi connectivity index (χ0n) is 15.0. The largest absolute Gasteiger partial charge is 0.334 e. The fourth-order valence-corrected chi connectivity index (χ4v) is 3.03. The van der Waals surface area contributed by atoms with Crippen LogP contribution in [-0.4, -0.2) is 27.1 Å². The summed E-state index contributed by atoms with van der Waals surface area (Å²) in [7, 11) is 0. The fourth-order valence-electron chi connectivity index (χ4n) is 2.81. The number of para-hydroxylation sites is 1. The summed E-state index contributed by atoms with van der Waals surface area (Å²) < 4.78 is 1.61. The van der Waals surface area contributed by atoms with Crippen molar-refractivity contribution in [3.8, 4) is 11.8 Å². The van der Waals surface area contributed by atoms with Gasteiger partial charge in [-0.05, 0) is 36.2 Å². The van der Waals surface area contributed by atoms with Gasteiger partial charge in [0.05, 0.1) is 34.1 Å². The highest BCUT2D eigenvalue weighted by Crippen LogP contribution is 2.20. The van der Waals surface area contributed by atoms with Crippen molar-refractivity contribution in [2.45, 2.75) is 19.9 Å². The Labute approximate surface area is 163 Å². The quantitative estimate of drug-likeness (QED) is 0.636. The minimum absolute atomic E-state index is 0.0838. The lowest BCUT2D eigenvalue weighted by atomic mass is 10.1. The van der Waals surface area contributed by atoms with Crippen LogP contribution in [0.3, 0.4) is 0 Å². The Morgan fingerprint density at radius 3 is 2.63 bits per heavy atom. The minimum Gasteiger partial charge on any atom is -0.334 e. The Morgan fingerprint density at radius 1 is 1.22 bits per heavy atom. The second-order valence-corrected chi connectivity index (χ2v) is 6.57. The van der Waals surface area contributed by atoms with E-state index in [1.165, 1.54) is 0 Å². The molecule has 5 nitrogen and oxygen atoms in total. The number of hydrogen-bond donors (Lipinski definition) is 0. The van der Waals surface area contributed by atoms with Crippen molar-refractivity contribution in [3.63, 3.8) is 0 Å². The van der Waals surface area contributed by atoms with Crippen molar-refractivity contribution in [2.24, 2.45) is 0 Å². The van der Waals surface area contributed by atoms with Gasteiger partial charge in [-0.1, -0.05) is 42.8 Å². The van der Waals surface area contributed by atoms with Gasteiger partial charge in [0.25, 0.3) is 5.91 Å². The molecule has 0 saturated carbocycles. The summed E-state index contributed by atoms with van der Waals surface area (Å²) in [6.07, 6.45) is 4.11. The van der Waals surface area contributed by atoms with Crippen LogP contribution in [0.4, 0.5) is 0 Å². The van der Waals surface area contributed by atoms with E-state index >= 15 is 0 Å². The van der Waals surface area contributed by atoms with Gasteiger partial charge in [0.1, 0.15) is 0 Å². The van der Waals surface area contributed by atoms with Crippen molar-refractivity contribution in [3.05, 3.63) is 82.6 Å². The molecule has 0 N–H and O–H groups in total. The number of benzene rings is 2. The van der Waals surface area contributed by atoms with Gasteiger partial charge >= 0.3 is 0 Å². The predicted molar refractivity (Wildman–Crippen MR) is 105 cm³/mol. The van der Waals surface area contributed by atoms with E-state index in [9.17, 15) is 4.79 Å². The summed E-state index contributed by atoms with van der Waals surface area (Å²) in [5.74, 6) is -0.0838. The van der Waals surface area contributed by atoms with Gasteiger partial charge in [0.2, 0.25) is 0 Å². The number of carbonyl (C=O) groups is 1. The lowest BCUT2D eigenvalue weighted by Crippen LogP contribution is -2.31. The van der Waals surface area contributed by atoms with Gasteiger partial charge in [0.15, 0.2) is 0 Å². The zero-order valence-corrected chi connectivity index (χ0v) is 15.7. The Hall–Kier alpha value is -3.10. The lowest BCUT2D eigenvalue weighted by molar-refractivity contribution is 0.0743. The maximum atomic E-state index is 13.0. The summed E-state index contributed by atoms with van der Waals surface area (Å²) in [6.45, 7) is 3.15. The average molecular weight is 379 g/mol. The Kier molecular flexibility index (Phi) is 5.90. The number of hydrogen-bond acceptors (Lipinski definition) is 3. The predicted octanol–water partition coefficient (Wildman–Crippen LogP) is 4.45. The van der Waals surface area contributed by atoms with Gasteiger partial charge in [-0.25, -0.2) is 4.68 Å². The van der Waals surface area contributed by atoms with Crippen LogP contribution < -0.4 is 0 Å². The van der Waals surface area contributed by atoms with E-state index in [-0.39, 0.29) is 5.91 Å². The third-order valence-corrected chi connectivity index (χ3v) is 4.49. The SMILES string of the molecule is CCCN(Cc1ccc(C#N)cc1)C(=O)c1cnn(-c2ccccc2Cl)c1. The number of carbonyl (C=O) groups excluding carboxylic acids is 1. The number of rotatable bonds is 6. The van der Waals surface area contributed by atoms with E-state index in [4.69, 9.17) is 16.9 Å². The van der Waals surface area contributed by atoms with E-state index < -0.39 is 0 Å². The molecule has 3 rings (SSSR count). The van der Waals surface area contributed by atoms with E-state index in [1.54, 1.807) is 40.2 Å². The van der Waals surface area contributed by atoms with Crippen LogP contribution in [0.5, 0.6) is 0 Å². The molecule has 0 radical (unpaired) electrons. The number of nitrogens with zero attached hydrogens (tertiary/aromatic N) is 4. The standard InChI is InChI=1S/C21H19ClN4O/c1-2-11-25(14-17-9-7-16(12-23)8-10-17)21(27)18-13-24-26(15-18)20-6-4-3-5-19(20)22/h3-10,13,15H,2,11,14H2,1H3. The third kappa shape index (κ3) is 4.36. The highest BCUT2D eigenvalue weighted by molar-refractivity contribution is 6.32. The molecule has 0 aliphatic carbocycles. The molecular weight excluding hydrogens is 360 g/mol. The molecule has 0 aliphatic heterocycles. The van der Waals surface area contributed by atoms with Crippen molar-refractivity contribution >= 4 is 17.5 Å². The molecule has 0 unspecified atom stereocenters. The van der Waals surface area contributed by atoms with Gasteiger partial charge < -0.3 is 4.90 Å². The first kappa shape index (κ1) is 18.7. The number of halogens is 1. The maximum absolute atomic E-state index is 13.0. The van der Waals surface area contributed by atoms with Crippen LogP contribution in [0.25, 0.3) is 5.69 Å². The zero-order chi connectivity index (χ0) is 19.2. The number of nitriles is 1. The fraction of sp³-hybridized carbons (Fsp3) is 0.190. The highest BCUT2D eigenvalue weighted by Gasteiger charge is 2.18. The summed E-state index contributed by atoms with van der Waals surface area (Å²) in [5.41, 5.74) is 2.83. The van der Waals surface area contributed by atoms with E-state index in [1.807, 2.05) is 37.3 Å². The van der Waals surface area contributed by atoms with Crippen molar-refractivity contribution in [1.82, 2.24) is 14.7 Å². The van der Waals surface area contributed by atoms with Gasteiger partial charge in [0, 0.05) is 19.3 Å². The molecule has 27 heavy (non-hydrogen) atoms.